The van der Waals surface area contributed by atoms with Gasteiger partial charge in [-0.3, -0.25) is 0 Å². The molecule has 0 saturated heterocycles. The summed E-state index contributed by atoms with van der Waals surface area (Å²) in [6.45, 7) is 4.41. The molecule has 3 rings (SSSR count). The molecule has 2 aromatic rings. The fraction of sp³-hybridized carbons (Fsp3) is 0.562. The van der Waals surface area contributed by atoms with Gasteiger partial charge < -0.3 is 5.73 Å². The summed E-state index contributed by atoms with van der Waals surface area (Å²) in [6.07, 6.45) is 6.12. The van der Waals surface area contributed by atoms with Crippen molar-refractivity contribution in [2.75, 3.05) is 5.73 Å². The van der Waals surface area contributed by atoms with Gasteiger partial charge in [-0.15, -0.1) is 5.10 Å². The van der Waals surface area contributed by atoms with E-state index in [0.717, 1.165) is 41.4 Å². The van der Waals surface area contributed by atoms with Gasteiger partial charge in [0.2, 0.25) is 0 Å². The van der Waals surface area contributed by atoms with Crippen LogP contribution in [0.4, 0.5) is 5.69 Å². The third-order valence-corrected chi connectivity index (χ3v) is 4.57. The van der Waals surface area contributed by atoms with E-state index in [0.29, 0.717) is 6.04 Å². The third-order valence-electron chi connectivity index (χ3n) is 4.57. The van der Waals surface area contributed by atoms with E-state index in [4.69, 9.17) is 5.73 Å². The van der Waals surface area contributed by atoms with Gasteiger partial charge >= 0.3 is 0 Å². The lowest BCUT2D eigenvalue weighted by Crippen LogP contribution is -2.12. The lowest BCUT2D eigenvalue weighted by atomic mass is 10.0. The lowest BCUT2D eigenvalue weighted by Gasteiger charge is -2.17. The number of aromatic nitrogens is 4. The Morgan fingerprint density at radius 1 is 1.19 bits per heavy atom. The number of aryl methyl sites for hydroxylation is 1. The predicted octanol–water partition coefficient (Wildman–Crippen LogP) is 3.37. The Morgan fingerprint density at radius 3 is 2.90 bits per heavy atom. The minimum atomic E-state index is 0.404. The second-order valence-corrected chi connectivity index (χ2v) is 6.29. The Kier molecular flexibility index (Phi) is 3.90. The highest BCUT2D eigenvalue weighted by Crippen LogP contribution is 2.33. The Labute approximate surface area is 125 Å². The van der Waals surface area contributed by atoms with Crippen molar-refractivity contribution < 1.29 is 0 Å². The zero-order chi connectivity index (χ0) is 14.8. The van der Waals surface area contributed by atoms with Gasteiger partial charge in [0.25, 0.3) is 0 Å². The fourth-order valence-corrected chi connectivity index (χ4v) is 3.21. The zero-order valence-electron chi connectivity index (χ0n) is 12.8. The standard InChI is InChI=1S/C16H23N5/c1-11-4-3-5-14(9-6-11)21-16(18-19-20-21)15-10-13(17)8-7-12(15)2/h7-8,10-11,14H,3-6,9,17H2,1-2H3. The van der Waals surface area contributed by atoms with E-state index < -0.39 is 0 Å². The summed E-state index contributed by atoms with van der Waals surface area (Å²) in [5.74, 6) is 1.66. The van der Waals surface area contributed by atoms with Crippen molar-refractivity contribution >= 4 is 5.69 Å². The molecule has 1 aliphatic rings. The Hall–Kier alpha value is -1.91. The smallest absolute Gasteiger partial charge is 0.182 e. The lowest BCUT2D eigenvalue weighted by molar-refractivity contribution is 0.394. The van der Waals surface area contributed by atoms with Gasteiger partial charge in [0.05, 0.1) is 6.04 Å². The van der Waals surface area contributed by atoms with Crippen LogP contribution in [0.1, 0.15) is 50.6 Å². The summed E-state index contributed by atoms with van der Waals surface area (Å²) in [6, 6.07) is 6.32. The van der Waals surface area contributed by atoms with E-state index in [9.17, 15) is 0 Å². The molecule has 0 aliphatic heterocycles. The SMILES string of the molecule is Cc1ccc(N)cc1-c1nnnn1C1CCCC(C)CC1. The van der Waals surface area contributed by atoms with Crippen LogP contribution in [0.25, 0.3) is 11.4 Å². The van der Waals surface area contributed by atoms with Crippen LogP contribution in [0.5, 0.6) is 0 Å². The monoisotopic (exact) mass is 285 g/mol. The van der Waals surface area contributed by atoms with Crippen molar-refractivity contribution in [3.8, 4) is 11.4 Å². The van der Waals surface area contributed by atoms with Gasteiger partial charge in [0, 0.05) is 11.3 Å². The number of hydrogen-bond donors (Lipinski definition) is 1. The first-order chi connectivity index (χ1) is 10.1. The van der Waals surface area contributed by atoms with E-state index in [2.05, 4.69) is 29.4 Å². The highest BCUT2D eigenvalue weighted by Gasteiger charge is 2.22. The molecule has 1 heterocycles. The summed E-state index contributed by atoms with van der Waals surface area (Å²) in [5, 5.41) is 12.4. The van der Waals surface area contributed by atoms with Crippen molar-refractivity contribution in [3.63, 3.8) is 0 Å². The number of nitrogen functional groups attached to an aromatic ring is 1. The normalized spacial score (nSPS) is 23.0. The summed E-state index contributed by atoms with van der Waals surface area (Å²) < 4.78 is 2.01. The molecular weight excluding hydrogens is 262 g/mol. The molecule has 2 N–H and O–H groups in total. The van der Waals surface area contributed by atoms with Gasteiger partial charge in [-0.2, -0.15) is 0 Å². The molecule has 0 radical (unpaired) electrons. The van der Waals surface area contributed by atoms with Gasteiger partial charge in [0.15, 0.2) is 5.82 Å². The quantitative estimate of drug-likeness (QED) is 0.678. The van der Waals surface area contributed by atoms with Crippen LogP contribution in [-0.4, -0.2) is 20.2 Å². The van der Waals surface area contributed by atoms with E-state index in [1.54, 1.807) is 0 Å². The zero-order valence-corrected chi connectivity index (χ0v) is 12.8. The van der Waals surface area contributed by atoms with Gasteiger partial charge in [-0.25, -0.2) is 4.68 Å². The Balaban J connectivity index is 1.95. The largest absolute Gasteiger partial charge is 0.399 e. The molecule has 0 spiro atoms. The number of anilines is 1. The molecule has 2 atom stereocenters. The van der Waals surface area contributed by atoms with E-state index in [1.807, 2.05) is 22.9 Å². The van der Waals surface area contributed by atoms with E-state index in [-0.39, 0.29) is 0 Å². The summed E-state index contributed by atoms with van der Waals surface area (Å²) in [4.78, 5) is 0. The highest BCUT2D eigenvalue weighted by molar-refractivity contribution is 5.65. The number of hydrogen-bond acceptors (Lipinski definition) is 4. The molecule has 0 amide bonds. The minimum Gasteiger partial charge on any atom is -0.399 e. The van der Waals surface area contributed by atoms with Gasteiger partial charge in [-0.1, -0.05) is 25.8 Å². The van der Waals surface area contributed by atoms with Crippen molar-refractivity contribution in [1.82, 2.24) is 20.2 Å². The van der Waals surface area contributed by atoms with Crippen molar-refractivity contribution in [2.24, 2.45) is 5.92 Å². The second kappa shape index (κ2) is 5.84. The highest BCUT2D eigenvalue weighted by atomic mass is 15.5. The van der Waals surface area contributed by atoms with Crippen LogP contribution in [-0.2, 0) is 0 Å². The first-order valence-electron chi connectivity index (χ1n) is 7.79. The van der Waals surface area contributed by atoms with Crippen LogP contribution in [0.2, 0.25) is 0 Å². The average molecular weight is 285 g/mol. The molecule has 1 saturated carbocycles. The molecule has 1 aromatic carbocycles. The molecular formula is C16H23N5. The van der Waals surface area contributed by atoms with Crippen molar-refractivity contribution in [2.45, 2.75) is 52.0 Å². The molecule has 21 heavy (non-hydrogen) atoms. The molecule has 5 nitrogen and oxygen atoms in total. The topological polar surface area (TPSA) is 69.6 Å². The first-order valence-corrected chi connectivity index (χ1v) is 7.79. The molecule has 5 heteroatoms. The predicted molar refractivity (Wildman–Crippen MR) is 83.7 cm³/mol. The fourth-order valence-electron chi connectivity index (χ4n) is 3.21. The Morgan fingerprint density at radius 2 is 2.05 bits per heavy atom. The molecule has 0 bridgehead atoms. The maximum atomic E-state index is 5.93. The minimum absolute atomic E-state index is 0.404. The van der Waals surface area contributed by atoms with Crippen molar-refractivity contribution in [1.29, 1.82) is 0 Å². The van der Waals surface area contributed by atoms with E-state index >= 15 is 0 Å². The molecule has 1 aliphatic carbocycles. The molecule has 1 fully saturated rings. The molecule has 112 valence electrons. The Bertz CT molecular complexity index is 619. The number of tetrazole rings is 1. The second-order valence-electron chi connectivity index (χ2n) is 6.29. The summed E-state index contributed by atoms with van der Waals surface area (Å²) in [7, 11) is 0. The maximum absolute atomic E-state index is 5.93. The number of benzene rings is 1. The maximum Gasteiger partial charge on any atom is 0.182 e. The first kappa shape index (κ1) is 14.0. The molecule has 1 aromatic heterocycles. The van der Waals surface area contributed by atoms with Gasteiger partial charge in [-0.05, 0) is 60.2 Å². The summed E-state index contributed by atoms with van der Waals surface area (Å²) >= 11 is 0. The third kappa shape index (κ3) is 2.91. The van der Waals surface area contributed by atoms with Crippen LogP contribution >= 0.6 is 0 Å². The van der Waals surface area contributed by atoms with Crippen LogP contribution in [0.3, 0.4) is 0 Å². The number of rotatable bonds is 2. The van der Waals surface area contributed by atoms with Crippen LogP contribution in [0, 0.1) is 12.8 Å². The van der Waals surface area contributed by atoms with Crippen LogP contribution in [0.15, 0.2) is 18.2 Å². The van der Waals surface area contributed by atoms with Gasteiger partial charge in [0.1, 0.15) is 0 Å². The summed E-state index contributed by atoms with van der Waals surface area (Å²) in [5.41, 5.74) is 8.87. The van der Waals surface area contributed by atoms with Crippen molar-refractivity contribution in [3.05, 3.63) is 23.8 Å². The number of nitrogens with two attached hydrogens (primary N) is 1. The van der Waals surface area contributed by atoms with E-state index in [1.165, 1.54) is 19.3 Å². The molecule has 2 unspecified atom stereocenters. The number of nitrogens with zero attached hydrogens (tertiary/aromatic N) is 4. The van der Waals surface area contributed by atoms with Crippen LogP contribution < -0.4 is 5.73 Å². The average Bonchev–Trinajstić information content (AvgIpc) is 2.84.